The van der Waals surface area contributed by atoms with Crippen molar-refractivity contribution in [2.75, 3.05) is 39.3 Å². The van der Waals surface area contributed by atoms with Crippen molar-refractivity contribution >= 4 is 0 Å². The fourth-order valence-corrected chi connectivity index (χ4v) is 2.93. The summed E-state index contributed by atoms with van der Waals surface area (Å²) in [5.74, 6) is 0.768. The zero-order chi connectivity index (χ0) is 16.8. The van der Waals surface area contributed by atoms with Crippen molar-refractivity contribution in [3.63, 3.8) is 0 Å². The van der Waals surface area contributed by atoms with E-state index in [1.54, 1.807) is 12.1 Å². The van der Waals surface area contributed by atoms with E-state index in [1.165, 1.54) is 5.56 Å². The van der Waals surface area contributed by atoms with Gasteiger partial charge < -0.3 is 4.74 Å². The minimum Gasteiger partial charge on any atom is -0.492 e. The Bertz CT molecular complexity index is 697. The summed E-state index contributed by atoms with van der Waals surface area (Å²) in [6.45, 7) is 6.79. The molecule has 1 aliphatic rings. The van der Waals surface area contributed by atoms with Crippen LogP contribution >= 0.6 is 0 Å². The molecule has 0 atom stereocenters. The second kappa shape index (κ2) is 7.95. The number of hydrogen-bond donors (Lipinski definition) is 0. The summed E-state index contributed by atoms with van der Waals surface area (Å²) >= 11 is 0. The minimum absolute atomic E-state index is 0.636. The maximum absolute atomic E-state index is 8.90. The number of nitriles is 1. The van der Waals surface area contributed by atoms with Gasteiger partial charge in [-0.05, 0) is 18.2 Å². The van der Waals surface area contributed by atoms with Crippen LogP contribution in [0.5, 0.6) is 5.75 Å². The number of piperazine rings is 1. The van der Waals surface area contributed by atoms with Gasteiger partial charge >= 0.3 is 0 Å². The maximum Gasteiger partial charge on any atom is 0.120 e. The molecule has 0 radical (unpaired) electrons. The largest absolute Gasteiger partial charge is 0.492 e. The van der Waals surface area contributed by atoms with Crippen LogP contribution in [0.1, 0.15) is 11.1 Å². The van der Waals surface area contributed by atoms with E-state index >= 15 is 0 Å². The van der Waals surface area contributed by atoms with Crippen LogP contribution < -0.4 is 4.74 Å². The summed E-state index contributed by atoms with van der Waals surface area (Å²) in [7, 11) is 1.95. The fourth-order valence-electron chi connectivity index (χ4n) is 2.93. The molecule has 6 nitrogen and oxygen atoms in total. The van der Waals surface area contributed by atoms with Gasteiger partial charge in [-0.1, -0.05) is 6.07 Å². The van der Waals surface area contributed by atoms with Gasteiger partial charge in [0.25, 0.3) is 0 Å². The molecular weight excluding hydrogens is 302 g/mol. The Balaban J connectivity index is 1.37. The molecule has 0 aliphatic carbocycles. The number of aryl methyl sites for hydroxylation is 1. The normalized spacial score (nSPS) is 16.0. The molecule has 1 aromatic heterocycles. The van der Waals surface area contributed by atoms with Crippen molar-refractivity contribution in [3.8, 4) is 11.8 Å². The van der Waals surface area contributed by atoms with Gasteiger partial charge in [0, 0.05) is 58.1 Å². The topological polar surface area (TPSA) is 57.3 Å². The van der Waals surface area contributed by atoms with Crippen LogP contribution in [-0.4, -0.2) is 58.9 Å². The number of hydrogen-bond acceptors (Lipinski definition) is 5. The lowest BCUT2D eigenvalue weighted by molar-refractivity contribution is 0.112. The first-order chi connectivity index (χ1) is 11.7. The van der Waals surface area contributed by atoms with Crippen molar-refractivity contribution in [2.24, 2.45) is 7.05 Å². The average molecular weight is 325 g/mol. The third-order valence-electron chi connectivity index (χ3n) is 4.27. The van der Waals surface area contributed by atoms with Crippen molar-refractivity contribution in [1.82, 2.24) is 19.6 Å². The van der Waals surface area contributed by atoms with Gasteiger partial charge in [-0.15, -0.1) is 0 Å². The van der Waals surface area contributed by atoms with Crippen LogP contribution in [0, 0.1) is 11.3 Å². The van der Waals surface area contributed by atoms with Crippen molar-refractivity contribution in [1.29, 1.82) is 5.26 Å². The van der Waals surface area contributed by atoms with Gasteiger partial charge in [-0.25, -0.2) is 0 Å². The van der Waals surface area contributed by atoms with Crippen LogP contribution in [-0.2, 0) is 13.6 Å². The predicted molar refractivity (Wildman–Crippen MR) is 91.6 cm³/mol. The maximum atomic E-state index is 8.90. The first-order valence-corrected chi connectivity index (χ1v) is 8.28. The summed E-state index contributed by atoms with van der Waals surface area (Å²) in [6, 6.07) is 9.45. The molecule has 0 bridgehead atoms. The molecule has 2 heterocycles. The molecule has 0 saturated carbocycles. The number of benzene rings is 1. The molecule has 0 N–H and O–H groups in total. The smallest absolute Gasteiger partial charge is 0.120 e. The SMILES string of the molecule is Cn1cc(CN2CCN(CCOc3cccc(C#N)c3)CC2)cn1. The summed E-state index contributed by atoms with van der Waals surface area (Å²) in [4.78, 5) is 4.89. The molecule has 1 aromatic carbocycles. The van der Waals surface area contributed by atoms with E-state index in [-0.39, 0.29) is 0 Å². The van der Waals surface area contributed by atoms with Gasteiger partial charge in [0.05, 0.1) is 17.8 Å². The molecule has 1 fully saturated rings. The molecule has 2 aromatic rings. The Morgan fingerprint density at radius 3 is 2.71 bits per heavy atom. The zero-order valence-corrected chi connectivity index (χ0v) is 14.1. The van der Waals surface area contributed by atoms with Gasteiger partial charge in [-0.3, -0.25) is 14.5 Å². The van der Waals surface area contributed by atoms with Crippen molar-refractivity contribution < 1.29 is 4.74 Å². The zero-order valence-electron chi connectivity index (χ0n) is 14.1. The lowest BCUT2D eigenvalue weighted by atomic mass is 10.2. The lowest BCUT2D eigenvalue weighted by Crippen LogP contribution is -2.46. The highest BCUT2D eigenvalue weighted by Gasteiger charge is 2.17. The van der Waals surface area contributed by atoms with E-state index in [2.05, 4.69) is 27.2 Å². The number of rotatable bonds is 6. The first-order valence-electron chi connectivity index (χ1n) is 8.28. The molecule has 24 heavy (non-hydrogen) atoms. The molecule has 0 unspecified atom stereocenters. The van der Waals surface area contributed by atoms with E-state index < -0.39 is 0 Å². The highest BCUT2D eigenvalue weighted by atomic mass is 16.5. The summed E-state index contributed by atoms with van der Waals surface area (Å²) in [6.07, 6.45) is 4.02. The van der Waals surface area contributed by atoms with E-state index in [0.29, 0.717) is 12.2 Å². The van der Waals surface area contributed by atoms with Gasteiger partial charge in [0.1, 0.15) is 12.4 Å². The third-order valence-corrected chi connectivity index (χ3v) is 4.27. The summed E-state index contributed by atoms with van der Waals surface area (Å²) in [5.41, 5.74) is 1.91. The molecule has 1 saturated heterocycles. The second-order valence-electron chi connectivity index (χ2n) is 6.13. The fraction of sp³-hybridized carbons (Fsp3) is 0.444. The summed E-state index contributed by atoms with van der Waals surface area (Å²) in [5, 5.41) is 13.1. The van der Waals surface area contributed by atoms with Gasteiger partial charge in [-0.2, -0.15) is 10.4 Å². The Morgan fingerprint density at radius 1 is 1.21 bits per heavy atom. The Labute approximate surface area is 142 Å². The van der Waals surface area contributed by atoms with Crippen LogP contribution in [0.15, 0.2) is 36.7 Å². The molecule has 0 amide bonds. The standard InChI is InChI=1S/C18H23N5O/c1-21-14-17(13-20-21)15-23-7-5-22(6-8-23)9-10-24-18-4-2-3-16(11-18)12-19/h2-4,11,13-14H,5-10,15H2,1H3. The lowest BCUT2D eigenvalue weighted by Gasteiger charge is -2.34. The van der Waals surface area contributed by atoms with E-state index in [0.717, 1.165) is 45.0 Å². The molecule has 3 rings (SSSR count). The summed E-state index contributed by atoms with van der Waals surface area (Å²) < 4.78 is 7.61. The molecule has 1 aliphatic heterocycles. The Morgan fingerprint density at radius 2 is 2.00 bits per heavy atom. The van der Waals surface area contributed by atoms with Crippen LogP contribution in [0.4, 0.5) is 0 Å². The quantitative estimate of drug-likeness (QED) is 0.805. The van der Waals surface area contributed by atoms with E-state index in [9.17, 15) is 0 Å². The Kier molecular flexibility index (Phi) is 5.47. The minimum atomic E-state index is 0.636. The van der Waals surface area contributed by atoms with Gasteiger partial charge in [0.2, 0.25) is 0 Å². The first kappa shape index (κ1) is 16.5. The van der Waals surface area contributed by atoms with Crippen LogP contribution in [0.3, 0.4) is 0 Å². The molecular formula is C18H23N5O. The van der Waals surface area contributed by atoms with Crippen LogP contribution in [0.2, 0.25) is 0 Å². The number of nitrogens with zero attached hydrogens (tertiary/aromatic N) is 5. The molecule has 126 valence electrons. The number of ether oxygens (including phenoxy) is 1. The average Bonchev–Trinajstić information content (AvgIpc) is 3.01. The predicted octanol–water partition coefficient (Wildman–Crippen LogP) is 1.49. The highest BCUT2D eigenvalue weighted by Crippen LogP contribution is 2.13. The van der Waals surface area contributed by atoms with Crippen molar-refractivity contribution in [3.05, 3.63) is 47.8 Å². The van der Waals surface area contributed by atoms with E-state index in [1.807, 2.05) is 30.1 Å². The Hall–Kier alpha value is -2.36. The highest BCUT2D eigenvalue weighted by molar-refractivity contribution is 5.36. The van der Waals surface area contributed by atoms with E-state index in [4.69, 9.17) is 10.00 Å². The second-order valence-corrected chi connectivity index (χ2v) is 6.13. The third kappa shape index (κ3) is 4.57. The van der Waals surface area contributed by atoms with Crippen LogP contribution in [0.25, 0.3) is 0 Å². The monoisotopic (exact) mass is 325 g/mol. The number of aromatic nitrogens is 2. The molecule has 0 spiro atoms. The molecule has 6 heteroatoms. The van der Waals surface area contributed by atoms with Crippen molar-refractivity contribution in [2.45, 2.75) is 6.54 Å². The van der Waals surface area contributed by atoms with Gasteiger partial charge in [0.15, 0.2) is 0 Å².